The van der Waals surface area contributed by atoms with Gasteiger partial charge in [0.25, 0.3) is 0 Å². The van der Waals surface area contributed by atoms with Crippen molar-refractivity contribution in [2.24, 2.45) is 0 Å². The number of fused-ring (bicyclic) bond motifs is 1. The van der Waals surface area contributed by atoms with Gasteiger partial charge in [-0.1, -0.05) is 54.6 Å². The summed E-state index contributed by atoms with van der Waals surface area (Å²) in [7, 11) is 0. The van der Waals surface area contributed by atoms with Crippen LogP contribution in [0.1, 0.15) is 41.2 Å². The number of carboxylic acid groups (broad SMARTS) is 1. The number of benzene rings is 3. The van der Waals surface area contributed by atoms with Gasteiger partial charge in [0.1, 0.15) is 11.9 Å². The minimum absolute atomic E-state index is 0.0482. The molecule has 1 aliphatic rings. The molecule has 0 radical (unpaired) electrons. The number of aliphatic hydroxyl groups is 1. The molecule has 4 nitrogen and oxygen atoms in total. The fourth-order valence-corrected chi connectivity index (χ4v) is 4.17. The van der Waals surface area contributed by atoms with E-state index in [2.05, 4.69) is 30.3 Å². The average Bonchev–Trinajstić information content (AvgIpc) is 2.75. The normalized spacial score (nSPS) is 15.4. The number of carboxylic acids is 1. The van der Waals surface area contributed by atoms with Gasteiger partial charge in [-0.25, -0.2) is 0 Å². The lowest BCUT2D eigenvalue weighted by Gasteiger charge is -2.28. The highest BCUT2D eigenvalue weighted by atomic mass is 16.5. The molecule has 0 aliphatic heterocycles. The third-order valence-electron chi connectivity index (χ3n) is 5.65. The van der Waals surface area contributed by atoms with Crippen LogP contribution in [0.5, 0.6) is 5.75 Å². The predicted molar refractivity (Wildman–Crippen MR) is 117 cm³/mol. The van der Waals surface area contributed by atoms with Crippen LogP contribution < -0.4 is 4.74 Å². The van der Waals surface area contributed by atoms with E-state index in [-0.39, 0.29) is 19.1 Å². The first-order chi connectivity index (χ1) is 14.6. The zero-order valence-corrected chi connectivity index (χ0v) is 16.9. The molecule has 0 saturated carbocycles. The van der Waals surface area contributed by atoms with Gasteiger partial charge < -0.3 is 14.9 Å². The number of carbonyl (C=O) groups is 1. The summed E-state index contributed by atoms with van der Waals surface area (Å²) in [6.07, 6.45) is 3.48. The van der Waals surface area contributed by atoms with Crippen LogP contribution >= 0.6 is 0 Å². The van der Waals surface area contributed by atoms with Crippen molar-refractivity contribution in [3.05, 3.63) is 89.0 Å². The van der Waals surface area contributed by atoms with Crippen LogP contribution in [0, 0.1) is 0 Å². The van der Waals surface area contributed by atoms with E-state index in [1.165, 1.54) is 11.1 Å². The molecule has 0 bridgehead atoms. The van der Waals surface area contributed by atoms with Gasteiger partial charge in [-0.15, -0.1) is 0 Å². The Morgan fingerprint density at radius 3 is 2.67 bits per heavy atom. The predicted octanol–water partition coefficient (Wildman–Crippen LogP) is 4.97. The van der Waals surface area contributed by atoms with E-state index >= 15 is 0 Å². The topological polar surface area (TPSA) is 66.8 Å². The van der Waals surface area contributed by atoms with E-state index in [0.717, 1.165) is 36.0 Å². The van der Waals surface area contributed by atoms with E-state index in [9.17, 15) is 15.0 Å². The molecular formula is C26H26O4. The molecule has 3 aromatic rings. The van der Waals surface area contributed by atoms with E-state index in [0.29, 0.717) is 17.7 Å². The smallest absolute Gasteiger partial charge is 0.307 e. The fourth-order valence-electron chi connectivity index (χ4n) is 4.17. The maximum Gasteiger partial charge on any atom is 0.307 e. The van der Waals surface area contributed by atoms with Gasteiger partial charge in [-0.2, -0.15) is 0 Å². The third-order valence-corrected chi connectivity index (χ3v) is 5.65. The number of rotatable bonds is 7. The van der Waals surface area contributed by atoms with Crippen molar-refractivity contribution in [1.29, 1.82) is 0 Å². The van der Waals surface area contributed by atoms with Gasteiger partial charge in [0.05, 0.1) is 6.42 Å². The molecule has 154 valence electrons. The Hall–Kier alpha value is -3.11. The van der Waals surface area contributed by atoms with Crippen molar-refractivity contribution in [2.75, 3.05) is 6.61 Å². The molecule has 1 unspecified atom stereocenters. The maximum atomic E-state index is 11.2. The van der Waals surface area contributed by atoms with Crippen LogP contribution in [0.25, 0.3) is 11.1 Å². The number of para-hydroxylation sites is 1. The second-order valence-electron chi connectivity index (χ2n) is 7.76. The Bertz CT molecular complexity index is 1040. The Kier molecular flexibility index (Phi) is 6.15. The number of aliphatic carboxylic acids is 1. The van der Waals surface area contributed by atoms with Gasteiger partial charge in [-0.05, 0) is 65.6 Å². The molecule has 0 aromatic heterocycles. The minimum Gasteiger partial charge on any atom is -0.485 e. The van der Waals surface area contributed by atoms with Crippen molar-refractivity contribution < 1.29 is 19.7 Å². The van der Waals surface area contributed by atoms with Crippen LogP contribution in [0.15, 0.2) is 66.7 Å². The van der Waals surface area contributed by atoms with Crippen LogP contribution in [0.2, 0.25) is 0 Å². The molecular weight excluding hydrogens is 376 g/mol. The van der Waals surface area contributed by atoms with Crippen molar-refractivity contribution in [2.45, 2.75) is 38.2 Å². The Labute approximate surface area is 176 Å². The van der Waals surface area contributed by atoms with Crippen molar-refractivity contribution in [1.82, 2.24) is 0 Å². The molecule has 0 heterocycles. The zero-order valence-electron chi connectivity index (χ0n) is 16.9. The van der Waals surface area contributed by atoms with Crippen molar-refractivity contribution in [3.8, 4) is 16.9 Å². The molecule has 0 fully saturated rings. The first-order valence-electron chi connectivity index (χ1n) is 10.4. The molecule has 3 aromatic carbocycles. The highest BCUT2D eigenvalue weighted by molar-refractivity contribution is 5.71. The highest BCUT2D eigenvalue weighted by Gasteiger charge is 2.23. The second kappa shape index (κ2) is 9.14. The lowest BCUT2D eigenvalue weighted by Crippen LogP contribution is -2.16. The highest BCUT2D eigenvalue weighted by Crippen LogP contribution is 2.37. The molecule has 2 N–H and O–H groups in total. The third kappa shape index (κ3) is 4.55. The largest absolute Gasteiger partial charge is 0.485 e. The summed E-state index contributed by atoms with van der Waals surface area (Å²) in [5, 5.41) is 18.4. The molecule has 30 heavy (non-hydrogen) atoms. The first kappa shape index (κ1) is 20.2. The fraction of sp³-hybridized carbons (Fsp3) is 0.269. The van der Waals surface area contributed by atoms with Gasteiger partial charge in [0.15, 0.2) is 0 Å². The summed E-state index contributed by atoms with van der Waals surface area (Å²) in [5.41, 5.74) is 6.53. The van der Waals surface area contributed by atoms with E-state index < -0.39 is 5.97 Å². The number of hydrogen-bond acceptors (Lipinski definition) is 3. The maximum absolute atomic E-state index is 11.2. The van der Waals surface area contributed by atoms with E-state index in [1.807, 2.05) is 36.4 Å². The summed E-state index contributed by atoms with van der Waals surface area (Å²) in [6.45, 7) is 0.138. The van der Waals surface area contributed by atoms with Crippen molar-refractivity contribution in [3.63, 3.8) is 0 Å². The van der Waals surface area contributed by atoms with E-state index in [4.69, 9.17) is 4.74 Å². The Morgan fingerprint density at radius 1 is 1.00 bits per heavy atom. The molecule has 0 spiro atoms. The molecule has 1 atom stereocenters. The Morgan fingerprint density at radius 2 is 1.83 bits per heavy atom. The first-order valence-corrected chi connectivity index (χ1v) is 10.4. The monoisotopic (exact) mass is 402 g/mol. The second-order valence-corrected chi connectivity index (χ2v) is 7.76. The summed E-state index contributed by atoms with van der Waals surface area (Å²) in [5.74, 6) is -0.215. The van der Waals surface area contributed by atoms with E-state index in [1.54, 1.807) is 0 Å². The lowest BCUT2D eigenvalue weighted by atomic mass is 9.86. The molecule has 1 aliphatic carbocycles. The summed E-state index contributed by atoms with van der Waals surface area (Å²) in [6, 6.07) is 22.2. The number of aryl methyl sites for hydroxylation is 1. The molecule has 0 amide bonds. The molecule has 4 rings (SSSR count). The van der Waals surface area contributed by atoms with Crippen LogP contribution in [0.3, 0.4) is 0 Å². The van der Waals surface area contributed by atoms with Gasteiger partial charge in [0.2, 0.25) is 0 Å². The van der Waals surface area contributed by atoms with Crippen molar-refractivity contribution >= 4 is 5.97 Å². The minimum atomic E-state index is -0.861. The summed E-state index contributed by atoms with van der Waals surface area (Å²) >= 11 is 0. The zero-order chi connectivity index (χ0) is 20.9. The Balaban J connectivity index is 1.65. The number of aliphatic hydroxyl groups excluding tert-OH is 1. The number of hydrogen-bond donors (Lipinski definition) is 2. The molecule has 0 saturated heterocycles. The standard InChI is InChI=1S/C26H26O4/c27-14-13-18-5-3-8-20(15-18)21-12-11-19-7-4-10-25(23(19)16-21)30-24-9-2-1-6-22(24)17-26(28)29/h1-3,5-6,8-9,11-12,15-16,25,27H,4,7,10,13-14,17H2,(H,28,29). The average molecular weight is 402 g/mol. The quantitative estimate of drug-likeness (QED) is 0.585. The van der Waals surface area contributed by atoms with Crippen LogP contribution in [-0.4, -0.2) is 22.8 Å². The van der Waals surface area contributed by atoms with Crippen LogP contribution in [0.4, 0.5) is 0 Å². The van der Waals surface area contributed by atoms with Crippen LogP contribution in [-0.2, 0) is 24.1 Å². The lowest BCUT2D eigenvalue weighted by molar-refractivity contribution is -0.136. The summed E-state index contributed by atoms with van der Waals surface area (Å²) in [4.78, 5) is 11.2. The summed E-state index contributed by atoms with van der Waals surface area (Å²) < 4.78 is 6.37. The SMILES string of the molecule is O=C(O)Cc1ccccc1OC1CCCc2ccc(-c3cccc(CCO)c3)cc21. The van der Waals surface area contributed by atoms with Gasteiger partial charge in [-0.3, -0.25) is 4.79 Å². The number of ether oxygens (including phenoxy) is 1. The molecule has 4 heteroatoms. The van der Waals surface area contributed by atoms with Gasteiger partial charge in [0, 0.05) is 12.2 Å². The van der Waals surface area contributed by atoms with Gasteiger partial charge >= 0.3 is 5.97 Å².